The molecule has 1 aliphatic heterocycles. The first kappa shape index (κ1) is 15.3. The molecule has 1 N–H and O–H groups in total. The molecule has 1 aliphatic carbocycles. The van der Waals surface area contributed by atoms with Crippen LogP contribution in [0.5, 0.6) is 0 Å². The Hall–Kier alpha value is -0.0900. The van der Waals surface area contributed by atoms with Gasteiger partial charge in [0.15, 0.2) is 0 Å². The molecule has 3 nitrogen and oxygen atoms in total. The van der Waals surface area contributed by atoms with Crippen molar-refractivity contribution >= 4 is 9.84 Å². The zero-order valence-corrected chi connectivity index (χ0v) is 13.2. The van der Waals surface area contributed by atoms with E-state index < -0.39 is 9.84 Å². The molecule has 0 bridgehead atoms. The molecule has 1 saturated heterocycles. The minimum Gasteiger partial charge on any atom is -0.311 e. The van der Waals surface area contributed by atoms with Crippen LogP contribution >= 0.6 is 0 Å². The van der Waals surface area contributed by atoms with Crippen LogP contribution in [0.4, 0.5) is 0 Å². The summed E-state index contributed by atoms with van der Waals surface area (Å²) in [4.78, 5) is 0. The summed E-state index contributed by atoms with van der Waals surface area (Å²) in [6, 6.07) is 1.06. The molecule has 2 atom stereocenters. The first-order valence-corrected chi connectivity index (χ1v) is 9.73. The molecule has 0 aromatic rings. The maximum absolute atomic E-state index is 11.4. The zero-order chi connectivity index (χ0) is 13.9. The summed E-state index contributed by atoms with van der Waals surface area (Å²) in [5.41, 5.74) is 0. The standard InChI is InChI=1S/C15H29NO2S/c1-12(2)10-13-4-3-5-15(11-13)16-14-6-8-19(17,18)9-7-14/h12-16H,3-11H2,1-2H3. The quantitative estimate of drug-likeness (QED) is 0.865. The van der Waals surface area contributed by atoms with Gasteiger partial charge in [0.05, 0.1) is 11.5 Å². The van der Waals surface area contributed by atoms with Crippen LogP contribution in [0.15, 0.2) is 0 Å². The second-order valence-electron chi connectivity index (χ2n) is 6.95. The molecule has 0 aromatic carbocycles. The first-order valence-electron chi connectivity index (χ1n) is 7.91. The van der Waals surface area contributed by atoms with Crippen LogP contribution < -0.4 is 5.32 Å². The van der Waals surface area contributed by atoms with Crippen LogP contribution in [-0.2, 0) is 9.84 Å². The monoisotopic (exact) mass is 287 g/mol. The molecular formula is C15H29NO2S. The average molecular weight is 287 g/mol. The Morgan fingerprint density at radius 2 is 1.74 bits per heavy atom. The van der Waals surface area contributed by atoms with Crippen LogP contribution in [0.1, 0.15) is 58.8 Å². The van der Waals surface area contributed by atoms with Gasteiger partial charge in [-0.1, -0.05) is 26.7 Å². The molecule has 2 aliphatic rings. The molecule has 112 valence electrons. The maximum atomic E-state index is 11.4. The van der Waals surface area contributed by atoms with Crippen molar-refractivity contribution in [2.45, 2.75) is 70.9 Å². The van der Waals surface area contributed by atoms with E-state index in [4.69, 9.17) is 0 Å². The highest BCUT2D eigenvalue weighted by atomic mass is 32.2. The maximum Gasteiger partial charge on any atom is 0.150 e. The number of hydrogen-bond acceptors (Lipinski definition) is 3. The van der Waals surface area contributed by atoms with Gasteiger partial charge < -0.3 is 5.32 Å². The van der Waals surface area contributed by atoms with Crippen molar-refractivity contribution in [2.24, 2.45) is 11.8 Å². The van der Waals surface area contributed by atoms with E-state index in [1.165, 1.54) is 32.1 Å². The fourth-order valence-electron chi connectivity index (χ4n) is 3.71. The fourth-order valence-corrected chi connectivity index (χ4v) is 5.20. The number of hydrogen-bond donors (Lipinski definition) is 1. The van der Waals surface area contributed by atoms with Gasteiger partial charge in [0.25, 0.3) is 0 Å². The lowest BCUT2D eigenvalue weighted by molar-refractivity contribution is 0.235. The van der Waals surface area contributed by atoms with Crippen LogP contribution in [-0.4, -0.2) is 32.0 Å². The minimum absolute atomic E-state index is 0.382. The molecular weight excluding hydrogens is 258 g/mol. The summed E-state index contributed by atoms with van der Waals surface area (Å²) in [6.45, 7) is 4.62. The van der Waals surface area contributed by atoms with Crippen LogP contribution in [0, 0.1) is 11.8 Å². The molecule has 19 heavy (non-hydrogen) atoms. The third kappa shape index (κ3) is 5.07. The third-order valence-electron chi connectivity index (χ3n) is 4.61. The molecule has 1 heterocycles. The van der Waals surface area contributed by atoms with E-state index in [1.807, 2.05) is 0 Å². The molecule has 0 amide bonds. The van der Waals surface area contributed by atoms with Crippen molar-refractivity contribution in [3.63, 3.8) is 0 Å². The second-order valence-corrected chi connectivity index (χ2v) is 9.26. The van der Waals surface area contributed by atoms with E-state index in [2.05, 4.69) is 19.2 Å². The highest BCUT2D eigenvalue weighted by molar-refractivity contribution is 7.91. The van der Waals surface area contributed by atoms with Gasteiger partial charge in [-0.3, -0.25) is 0 Å². The van der Waals surface area contributed by atoms with Crippen LogP contribution in [0.2, 0.25) is 0 Å². The molecule has 0 radical (unpaired) electrons. The van der Waals surface area contributed by atoms with Gasteiger partial charge in [-0.15, -0.1) is 0 Å². The van der Waals surface area contributed by atoms with E-state index in [0.29, 0.717) is 23.6 Å². The van der Waals surface area contributed by atoms with Crippen molar-refractivity contribution in [2.75, 3.05) is 11.5 Å². The van der Waals surface area contributed by atoms with Crippen molar-refractivity contribution < 1.29 is 8.42 Å². The predicted molar refractivity (Wildman–Crippen MR) is 80.0 cm³/mol. The van der Waals surface area contributed by atoms with E-state index >= 15 is 0 Å². The number of sulfone groups is 1. The molecule has 0 spiro atoms. The summed E-state index contributed by atoms with van der Waals surface area (Å²) < 4.78 is 22.9. The summed E-state index contributed by atoms with van der Waals surface area (Å²) in [6.07, 6.45) is 8.26. The highest BCUT2D eigenvalue weighted by Crippen LogP contribution is 2.30. The SMILES string of the molecule is CC(C)CC1CCCC(NC2CCS(=O)(=O)CC2)C1. The molecule has 0 aromatic heterocycles. The Labute approximate surface area is 118 Å². The van der Waals surface area contributed by atoms with E-state index in [-0.39, 0.29) is 0 Å². The van der Waals surface area contributed by atoms with Gasteiger partial charge in [0.1, 0.15) is 9.84 Å². The van der Waals surface area contributed by atoms with Gasteiger partial charge in [-0.25, -0.2) is 8.42 Å². The normalized spacial score (nSPS) is 32.6. The number of rotatable bonds is 4. The molecule has 2 rings (SSSR count). The first-order chi connectivity index (χ1) is 8.94. The topological polar surface area (TPSA) is 46.2 Å². The van der Waals surface area contributed by atoms with Gasteiger partial charge in [-0.05, 0) is 43.9 Å². The summed E-state index contributed by atoms with van der Waals surface area (Å²) >= 11 is 0. The van der Waals surface area contributed by atoms with Gasteiger partial charge in [-0.2, -0.15) is 0 Å². The summed E-state index contributed by atoms with van der Waals surface area (Å²) in [7, 11) is -2.72. The van der Waals surface area contributed by atoms with Crippen LogP contribution in [0.25, 0.3) is 0 Å². The molecule has 2 unspecified atom stereocenters. The second kappa shape index (κ2) is 6.57. The lowest BCUT2D eigenvalue weighted by atomic mass is 9.81. The lowest BCUT2D eigenvalue weighted by Crippen LogP contribution is -2.45. The Bertz CT molecular complexity index is 364. The Balaban J connectivity index is 1.76. The summed E-state index contributed by atoms with van der Waals surface area (Å²) in [5.74, 6) is 2.43. The van der Waals surface area contributed by atoms with Crippen molar-refractivity contribution in [3.05, 3.63) is 0 Å². The predicted octanol–water partition coefficient (Wildman–Crippen LogP) is 2.76. The van der Waals surface area contributed by atoms with Crippen molar-refractivity contribution in [1.29, 1.82) is 0 Å². The zero-order valence-electron chi connectivity index (χ0n) is 12.4. The minimum atomic E-state index is -2.72. The number of nitrogens with one attached hydrogen (secondary N) is 1. The molecule has 4 heteroatoms. The molecule has 1 saturated carbocycles. The van der Waals surface area contributed by atoms with Gasteiger partial charge in [0.2, 0.25) is 0 Å². The Morgan fingerprint density at radius 3 is 2.37 bits per heavy atom. The smallest absolute Gasteiger partial charge is 0.150 e. The van der Waals surface area contributed by atoms with Crippen molar-refractivity contribution in [3.8, 4) is 0 Å². The summed E-state index contributed by atoms with van der Waals surface area (Å²) in [5, 5.41) is 3.73. The van der Waals surface area contributed by atoms with Gasteiger partial charge >= 0.3 is 0 Å². The van der Waals surface area contributed by atoms with Crippen molar-refractivity contribution in [1.82, 2.24) is 5.32 Å². The van der Waals surface area contributed by atoms with E-state index in [9.17, 15) is 8.42 Å². The molecule has 2 fully saturated rings. The van der Waals surface area contributed by atoms with Gasteiger partial charge in [0, 0.05) is 12.1 Å². The van der Waals surface area contributed by atoms with E-state index in [0.717, 1.165) is 24.7 Å². The fraction of sp³-hybridized carbons (Fsp3) is 1.00. The Kier molecular flexibility index (Phi) is 5.29. The largest absolute Gasteiger partial charge is 0.311 e. The van der Waals surface area contributed by atoms with E-state index in [1.54, 1.807) is 0 Å². The third-order valence-corrected chi connectivity index (χ3v) is 6.33. The highest BCUT2D eigenvalue weighted by Gasteiger charge is 2.28. The Morgan fingerprint density at radius 1 is 1.05 bits per heavy atom. The van der Waals surface area contributed by atoms with Crippen LogP contribution in [0.3, 0.4) is 0 Å². The average Bonchev–Trinajstić information content (AvgIpc) is 2.32. The lowest BCUT2D eigenvalue weighted by Gasteiger charge is -2.34.